The molecular formula is C12H14O4. The smallest absolute Gasteiger partial charge is 0.217 e. The third-order valence-electron chi connectivity index (χ3n) is 2.57. The van der Waals surface area contributed by atoms with Crippen LogP contribution in [-0.4, -0.2) is 25.6 Å². The minimum atomic E-state index is -0.922. The molecule has 1 aromatic carbocycles. The van der Waals surface area contributed by atoms with Crippen molar-refractivity contribution in [2.75, 3.05) is 14.2 Å². The Morgan fingerprint density at radius 3 is 2.69 bits per heavy atom. The van der Waals surface area contributed by atoms with E-state index >= 15 is 0 Å². The SMILES string of the molecule is COc1cc2c(c(OC)c1C)OC(O)C=C2. The van der Waals surface area contributed by atoms with Crippen LogP contribution in [-0.2, 0) is 0 Å². The van der Waals surface area contributed by atoms with Crippen molar-refractivity contribution in [3.63, 3.8) is 0 Å². The summed E-state index contributed by atoms with van der Waals surface area (Å²) in [6, 6.07) is 1.86. The lowest BCUT2D eigenvalue weighted by Crippen LogP contribution is -2.16. The summed E-state index contributed by atoms with van der Waals surface area (Å²) in [4.78, 5) is 0. The molecule has 0 saturated heterocycles. The van der Waals surface area contributed by atoms with Crippen LogP contribution in [0.3, 0.4) is 0 Å². The second-order valence-corrected chi connectivity index (χ2v) is 3.52. The van der Waals surface area contributed by atoms with E-state index in [2.05, 4.69) is 0 Å². The van der Waals surface area contributed by atoms with Gasteiger partial charge in [-0.25, -0.2) is 0 Å². The van der Waals surface area contributed by atoms with Crippen molar-refractivity contribution in [3.8, 4) is 17.2 Å². The molecule has 0 fully saturated rings. The number of aliphatic hydroxyl groups excluding tert-OH is 1. The highest BCUT2D eigenvalue weighted by atomic mass is 16.6. The van der Waals surface area contributed by atoms with Crippen LogP contribution in [0.15, 0.2) is 12.1 Å². The highest BCUT2D eigenvalue weighted by Crippen LogP contribution is 2.42. The number of methoxy groups -OCH3 is 2. The van der Waals surface area contributed by atoms with Crippen LogP contribution in [0.25, 0.3) is 6.08 Å². The molecule has 0 radical (unpaired) electrons. The van der Waals surface area contributed by atoms with E-state index in [1.807, 2.05) is 13.0 Å². The van der Waals surface area contributed by atoms with Gasteiger partial charge in [0.25, 0.3) is 0 Å². The third-order valence-corrected chi connectivity index (χ3v) is 2.57. The molecule has 4 nitrogen and oxygen atoms in total. The number of hydrogen-bond donors (Lipinski definition) is 1. The van der Waals surface area contributed by atoms with Crippen LogP contribution in [0.5, 0.6) is 17.2 Å². The largest absolute Gasteiger partial charge is 0.496 e. The zero-order chi connectivity index (χ0) is 11.7. The second kappa shape index (κ2) is 4.06. The molecule has 0 aromatic heterocycles. The summed E-state index contributed by atoms with van der Waals surface area (Å²) in [5.41, 5.74) is 1.69. The van der Waals surface area contributed by atoms with E-state index in [0.29, 0.717) is 11.5 Å². The lowest BCUT2D eigenvalue weighted by Gasteiger charge is -2.22. The van der Waals surface area contributed by atoms with E-state index < -0.39 is 6.29 Å². The van der Waals surface area contributed by atoms with Gasteiger partial charge in [0, 0.05) is 11.1 Å². The highest BCUT2D eigenvalue weighted by molar-refractivity contribution is 5.69. The van der Waals surface area contributed by atoms with Gasteiger partial charge in [-0.05, 0) is 25.1 Å². The fourth-order valence-electron chi connectivity index (χ4n) is 1.78. The maximum Gasteiger partial charge on any atom is 0.217 e. The quantitative estimate of drug-likeness (QED) is 0.828. The summed E-state index contributed by atoms with van der Waals surface area (Å²) in [6.07, 6.45) is 2.43. The number of hydrogen-bond acceptors (Lipinski definition) is 4. The molecule has 1 atom stereocenters. The molecule has 1 unspecified atom stereocenters. The average Bonchev–Trinajstić information content (AvgIpc) is 2.28. The van der Waals surface area contributed by atoms with Gasteiger partial charge in [-0.3, -0.25) is 0 Å². The van der Waals surface area contributed by atoms with Crippen molar-refractivity contribution < 1.29 is 19.3 Å². The molecule has 4 heteroatoms. The second-order valence-electron chi connectivity index (χ2n) is 3.52. The number of benzene rings is 1. The molecule has 0 spiro atoms. The molecule has 0 saturated carbocycles. The summed E-state index contributed by atoms with van der Waals surface area (Å²) < 4.78 is 15.9. The van der Waals surface area contributed by atoms with Gasteiger partial charge >= 0.3 is 0 Å². The zero-order valence-electron chi connectivity index (χ0n) is 9.48. The predicted molar refractivity (Wildman–Crippen MR) is 60.0 cm³/mol. The van der Waals surface area contributed by atoms with E-state index in [-0.39, 0.29) is 0 Å². The zero-order valence-corrected chi connectivity index (χ0v) is 9.48. The lowest BCUT2D eigenvalue weighted by atomic mass is 10.1. The Morgan fingerprint density at radius 1 is 1.31 bits per heavy atom. The molecule has 1 N–H and O–H groups in total. The first-order chi connectivity index (χ1) is 7.67. The van der Waals surface area contributed by atoms with Crippen LogP contribution in [0.4, 0.5) is 0 Å². The molecule has 0 bridgehead atoms. The molecule has 86 valence electrons. The summed E-state index contributed by atoms with van der Waals surface area (Å²) in [6.45, 7) is 1.88. The molecule has 1 aliphatic rings. The molecule has 2 rings (SSSR count). The first kappa shape index (κ1) is 10.8. The normalized spacial score (nSPS) is 17.6. The van der Waals surface area contributed by atoms with E-state index in [1.165, 1.54) is 0 Å². The number of fused-ring (bicyclic) bond motifs is 1. The van der Waals surface area contributed by atoms with Gasteiger partial charge < -0.3 is 19.3 Å². The van der Waals surface area contributed by atoms with E-state index in [9.17, 15) is 5.11 Å². The van der Waals surface area contributed by atoms with Crippen LogP contribution in [0.1, 0.15) is 11.1 Å². The Labute approximate surface area is 94.1 Å². The molecule has 0 amide bonds. The monoisotopic (exact) mass is 222 g/mol. The Kier molecular flexibility index (Phi) is 2.75. The predicted octanol–water partition coefficient (Wildman–Crippen LogP) is 1.74. The Bertz CT molecular complexity index is 437. The number of rotatable bonds is 2. The number of ether oxygens (including phenoxy) is 3. The molecule has 16 heavy (non-hydrogen) atoms. The average molecular weight is 222 g/mol. The van der Waals surface area contributed by atoms with Crippen molar-refractivity contribution in [2.45, 2.75) is 13.2 Å². The minimum Gasteiger partial charge on any atom is -0.496 e. The van der Waals surface area contributed by atoms with Crippen molar-refractivity contribution >= 4 is 6.08 Å². The van der Waals surface area contributed by atoms with Crippen molar-refractivity contribution in [3.05, 3.63) is 23.3 Å². The molecule has 1 heterocycles. The maximum atomic E-state index is 9.40. The Balaban J connectivity index is 2.62. The van der Waals surface area contributed by atoms with Gasteiger partial charge in [0.2, 0.25) is 6.29 Å². The van der Waals surface area contributed by atoms with Gasteiger partial charge in [-0.15, -0.1) is 0 Å². The lowest BCUT2D eigenvalue weighted by molar-refractivity contribution is 0.0209. The van der Waals surface area contributed by atoms with E-state index in [0.717, 1.165) is 16.9 Å². The van der Waals surface area contributed by atoms with Crippen molar-refractivity contribution in [1.29, 1.82) is 0 Å². The summed E-state index contributed by atoms with van der Waals surface area (Å²) >= 11 is 0. The molecule has 1 aromatic rings. The minimum absolute atomic E-state index is 0.552. The topological polar surface area (TPSA) is 47.9 Å². The molecular weight excluding hydrogens is 208 g/mol. The Hall–Kier alpha value is -1.68. The molecule has 0 aliphatic carbocycles. The standard InChI is InChI=1S/C12H14O4/c1-7-9(14-2)6-8-4-5-10(13)16-12(8)11(7)15-3/h4-6,10,13H,1-3H3. The van der Waals surface area contributed by atoms with Crippen LogP contribution in [0, 0.1) is 6.92 Å². The van der Waals surface area contributed by atoms with Gasteiger partial charge in [0.15, 0.2) is 11.5 Å². The van der Waals surface area contributed by atoms with Gasteiger partial charge in [-0.2, -0.15) is 0 Å². The van der Waals surface area contributed by atoms with Gasteiger partial charge in [0.1, 0.15) is 5.75 Å². The maximum absolute atomic E-state index is 9.40. The summed E-state index contributed by atoms with van der Waals surface area (Å²) in [5.74, 6) is 1.88. The molecule has 1 aliphatic heterocycles. The van der Waals surface area contributed by atoms with Crippen LogP contribution in [0.2, 0.25) is 0 Å². The van der Waals surface area contributed by atoms with Gasteiger partial charge in [-0.1, -0.05) is 0 Å². The number of aliphatic hydroxyl groups is 1. The first-order valence-corrected chi connectivity index (χ1v) is 4.96. The van der Waals surface area contributed by atoms with E-state index in [1.54, 1.807) is 26.4 Å². The fourth-order valence-corrected chi connectivity index (χ4v) is 1.78. The third kappa shape index (κ3) is 1.61. The highest BCUT2D eigenvalue weighted by Gasteiger charge is 2.21. The van der Waals surface area contributed by atoms with Crippen molar-refractivity contribution in [1.82, 2.24) is 0 Å². The van der Waals surface area contributed by atoms with Crippen LogP contribution >= 0.6 is 0 Å². The Morgan fingerprint density at radius 2 is 2.06 bits per heavy atom. The summed E-state index contributed by atoms with van der Waals surface area (Å²) in [7, 11) is 3.17. The fraction of sp³-hybridized carbons (Fsp3) is 0.333. The van der Waals surface area contributed by atoms with Gasteiger partial charge in [0.05, 0.1) is 14.2 Å². The summed E-state index contributed by atoms with van der Waals surface area (Å²) in [5, 5.41) is 9.40. The first-order valence-electron chi connectivity index (χ1n) is 4.96. The van der Waals surface area contributed by atoms with Crippen LogP contribution < -0.4 is 14.2 Å². The van der Waals surface area contributed by atoms with E-state index in [4.69, 9.17) is 14.2 Å². The van der Waals surface area contributed by atoms with Crippen molar-refractivity contribution in [2.24, 2.45) is 0 Å².